The van der Waals surface area contributed by atoms with Crippen molar-refractivity contribution in [2.45, 2.75) is 66.3 Å². The monoisotopic (exact) mass is 443 g/mol. The first-order valence-corrected chi connectivity index (χ1v) is 11.4. The first-order valence-electron chi connectivity index (χ1n) is 11.4. The van der Waals surface area contributed by atoms with Crippen LogP contribution in [0.2, 0.25) is 0 Å². The van der Waals surface area contributed by atoms with Gasteiger partial charge >= 0.3 is 0 Å². The fraction of sp³-hybridized carbons (Fsp3) is 0.370. The normalized spacial score (nSPS) is 12.8. The van der Waals surface area contributed by atoms with Gasteiger partial charge in [-0.05, 0) is 62.4 Å². The molecule has 33 heavy (non-hydrogen) atoms. The number of hydrogen-bond acceptors (Lipinski definition) is 3. The van der Waals surface area contributed by atoms with Crippen molar-refractivity contribution in [2.75, 3.05) is 0 Å². The molecule has 6 heteroatoms. The predicted molar refractivity (Wildman–Crippen MR) is 132 cm³/mol. The molecule has 172 valence electrons. The Bertz CT molecular complexity index is 1320. The zero-order valence-electron chi connectivity index (χ0n) is 20.6. The molecular weight excluding hydrogens is 410 g/mol. The maximum Gasteiger partial charge on any atom is 0.252 e. The number of aromatic amines is 1. The number of nitrogens with one attached hydrogen (secondary N) is 2. The Balaban J connectivity index is 1.56. The minimum atomic E-state index is -0.305. The molecule has 0 radical (unpaired) electrons. The van der Waals surface area contributed by atoms with Crippen LogP contribution in [-0.4, -0.2) is 25.7 Å². The Morgan fingerprint density at radius 3 is 2.48 bits per heavy atom. The molecule has 4 aromatic rings. The van der Waals surface area contributed by atoms with E-state index in [1.54, 1.807) is 0 Å². The molecule has 2 N–H and O–H groups in total. The second-order valence-corrected chi connectivity index (χ2v) is 10.1. The third kappa shape index (κ3) is 4.70. The Morgan fingerprint density at radius 1 is 1.03 bits per heavy atom. The molecule has 0 bridgehead atoms. The summed E-state index contributed by atoms with van der Waals surface area (Å²) in [6.45, 7) is 14.6. The Hall–Kier alpha value is -3.41. The summed E-state index contributed by atoms with van der Waals surface area (Å²) in [6.07, 6.45) is 0.798. The third-order valence-corrected chi connectivity index (χ3v) is 6.21. The van der Waals surface area contributed by atoms with E-state index in [9.17, 15) is 4.79 Å². The minimum absolute atomic E-state index is 0.0301. The molecule has 1 atom stereocenters. The zero-order valence-corrected chi connectivity index (χ0v) is 20.6. The molecule has 0 aliphatic carbocycles. The predicted octanol–water partition coefficient (Wildman–Crippen LogP) is 5.36. The van der Waals surface area contributed by atoms with Crippen LogP contribution >= 0.6 is 0 Å². The van der Waals surface area contributed by atoms with Crippen LogP contribution in [0.25, 0.3) is 5.65 Å². The molecule has 6 nitrogen and oxygen atoms in total. The number of amides is 1. The summed E-state index contributed by atoms with van der Waals surface area (Å²) in [5.74, 6) is 0.570. The van der Waals surface area contributed by atoms with Crippen LogP contribution in [0.1, 0.15) is 83.4 Å². The quantitative estimate of drug-likeness (QED) is 0.436. The Morgan fingerprint density at radius 2 is 1.76 bits per heavy atom. The minimum Gasteiger partial charge on any atom is -0.342 e. The second-order valence-electron chi connectivity index (χ2n) is 10.1. The van der Waals surface area contributed by atoms with E-state index >= 15 is 0 Å². The molecule has 0 aliphatic heterocycles. The van der Waals surface area contributed by atoms with Crippen LogP contribution in [0.15, 0.2) is 42.5 Å². The van der Waals surface area contributed by atoms with Crippen molar-refractivity contribution in [1.29, 1.82) is 0 Å². The maximum atomic E-state index is 13.2. The highest BCUT2D eigenvalue weighted by molar-refractivity contribution is 5.96. The summed E-state index contributed by atoms with van der Waals surface area (Å²) in [5, 5.41) is 15.1. The Kier molecular flexibility index (Phi) is 5.87. The molecule has 0 saturated carbocycles. The summed E-state index contributed by atoms with van der Waals surface area (Å²) in [7, 11) is 0. The summed E-state index contributed by atoms with van der Waals surface area (Å²) in [6, 6.07) is 14.3. The molecule has 0 saturated heterocycles. The van der Waals surface area contributed by atoms with Crippen molar-refractivity contribution < 1.29 is 4.79 Å². The number of rotatable bonds is 5. The van der Waals surface area contributed by atoms with Gasteiger partial charge < -0.3 is 5.32 Å². The highest BCUT2D eigenvalue weighted by Gasteiger charge is 2.22. The van der Waals surface area contributed by atoms with Crippen LogP contribution in [0.5, 0.6) is 0 Å². The lowest BCUT2D eigenvalue weighted by atomic mass is 9.93. The second kappa shape index (κ2) is 8.50. The number of carbonyl (C=O) groups excluding carboxylic acids is 1. The summed E-state index contributed by atoms with van der Waals surface area (Å²) in [4.78, 5) is 13.2. The smallest absolute Gasteiger partial charge is 0.252 e. The average molecular weight is 444 g/mol. The van der Waals surface area contributed by atoms with E-state index in [2.05, 4.69) is 79.5 Å². The van der Waals surface area contributed by atoms with Gasteiger partial charge in [0.2, 0.25) is 0 Å². The van der Waals surface area contributed by atoms with Gasteiger partial charge in [-0.3, -0.25) is 9.89 Å². The first-order chi connectivity index (χ1) is 15.5. The van der Waals surface area contributed by atoms with Gasteiger partial charge in [0.25, 0.3) is 5.91 Å². The van der Waals surface area contributed by atoms with Crippen molar-refractivity contribution in [1.82, 2.24) is 25.1 Å². The number of hydrogen-bond donors (Lipinski definition) is 2. The van der Waals surface area contributed by atoms with Gasteiger partial charge in [0.1, 0.15) is 0 Å². The van der Waals surface area contributed by atoms with E-state index in [1.165, 1.54) is 16.7 Å². The first kappa shape index (κ1) is 22.8. The van der Waals surface area contributed by atoms with E-state index in [4.69, 9.17) is 0 Å². The van der Waals surface area contributed by atoms with Crippen molar-refractivity contribution in [3.8, 4) is 0 Å². The molecule has 4 rings (SSSR count). The molecule has 2 aromatic carbocycles. The van der Waals surface area contributed by atoms with Gasteiger partial charge in [-0.1, -0.05) is 56.7 Å². The van der Waals surface area contributed by atoms with Crippen molar-refractivity contribution in [2.24, 2.45) is 0 Å². The summed E-state index contributed by atoms with van der Waals surface area (Å²) in [5.41, 5.74) is 8.34. The molecule has 2 aromatic heterocycles. The fourth-order valence-corrected chi connectivity index (χ4v) is 4.04. The number of aromatic nitrogens is 4. The zero-order chi connectivity index (χ0) is 23.9. The van der Waals surface area contributed by atoms with Crippen LogP contribution < -0.4 is 5.32 Å². The van der Waals surface area contributed by atoms with Gasteiger partial charge in [-0.25, -0.2) is 4.52 Å². The molecule has 1 unspecified atom stereocenters. The molecule has 2 heterocycles. The molecule has 0 fully saturated rings. The van der Waals surface area contributed by atoms with E-state index in [0.29, 0.717) is 11.4 Å². The lowest BCUT2D eigenvalue weighted by Crippen LogP contribution is -2.29. The van der Waals surface area contributed by atoms with Crippen LogP contribution in [0.3, 0.4) is 0 Å². The molecule has 0 aliphatic rings. The third-order valence-electron chi connectivity index (χ3n) is 6.21. The maximum absolute atomic E-state index is 13.2. The Labute approximate surface area is 195 Å². The number of benzene rings is 2. The van der Waals surface area contributed by atoms with E-state index in [-0.39, 0.29) is 17.4 Å². The number of nitrogens with zero attached hydrogens (tertiary/aromatic N) is 3. The lowest BCUT2D eigenvalue weighted by molar-refractivity contribution is 0.0937. The van der Waals surface area contributed by atoms with Crippen molar-refractivity contribution >= 4 is 11.6 Å². The topological polar surface area (TPSA) is 75.1 Å². The highest BCUT2D eigenvalue weighted by atomic mass is 16.1. The summed E-state index contributed by atoms with van der Waals surface area (Å²) < 4.78 is 1.86. The lowest BCUT2D eigenvalue weighted by Gasteiger charge is -2.16. The number of fused-ring (bicyclic) bond motifs is 1. The number of aryl methyl sites for hydroxylation is 3. The standard InChI is InChI=1S/C27H33N5O/c1-16-8-9-17(2)21(12-16)13-20-11-10-18(3)22(14-20)26(33)28-19(4)25-30-29-24-15-23(27(5,6)7)31-32(24)25/h8-12,14-15,19,31H,13H2,1-7H3,(H,28,33). The van der Waals surface area contributed by atoms with Gasteiger partial charge in [-0.2, -0.15) is 0 Å². The fourth-order valence-electron chi connectivity index (χ4n) is 4.04. The number of carbonyl (C=O) groups is 1. The molecule has 1 amide bonds. The van der Waals surface area contributed by atoms with Crippen LogP contribution in [0.4, 0.5) is 0 Å². The summed E-state index contributed by atoms with van der Waals surface area (Å²) >= 11 is 0. The van der Waals surface area contributed by atoms with E-state index in [1.807, 2.05) is 36.6 Å². The van der Waals surface area contributed by atoms with E-state index < -0.39 is 0 Å². The van der Waals surface area contributed by atoms with Gasteiger partial charge in [0.15, 0.2) is 11.5 Å². The molecule has 0 spiro atoms. The highest BCUT2D eigenvalue weighted by Crippen LogP contribution is 2.24. The van der Waals surface area contributed by atoms with E-state index in [0.717, 1.165) is 28.9 Å². The van der Waals surface area contributed by atoms with Crippen molar-refractivity contribution in [3.05, 3.63) is 87.4 Å². The van der Waals surface area contributed by atoms with Crippen LogP contribution in [-0.2, 0) is 11.8 Å². The number of H-pyrrole nitrogens is 1. The largest absolute Gasteiger partial charge is 0.342 e. The van der Waals surface area contributed by atoms with Crippen LogP contribution in [0, 0.1) is 20.8 Å². The SMILES string of the molecule is Cc1ccc(C)c(Cc2ccc(C)c(C(=O)NC(C)c3nnc4cc(C(C)(C)C)[nH]n34)c2)c1. The van der Waals surface area contributed by atoms with Crippen molar-refractivity contribution in [3.63, 3.8) is 0 Å². The average Bonchev–Trinajstić information content (AvgIpc) is 3.33. The van der Waals surface area contributed by atoms with Gasteiger partial charge in [0, 0.05) is 22.7 Å². The molecular formula is C27H33N5O. The van der Waals surface area contributed by atoms with Gasteiger partial charge in [0.05, 0.1) is 6.04 Å². The van der Waals surface area contributed by atoms with Gasteiger partial charge in [-0.15, -0.1) is 10.2 Å².